The maximum atomic E-state index is 11.9. The number of carbonyl (C=O) groups is 1. The molecular weight excluding hydrogens is 292 g/mol. The largest absolute Gasteiger partial charge is 0.490 e. The number of carbonyl (C=O) groups excluding carboxylic acids is 1. The van der Waals surface area contributed by atoms with Gasteiger partial charge in [-0.3, -0.25) is 4.79 Å². The molecule has 1 amide bonds. The standard InChI is InChI=1S/C18H22N2O3/c1-2-22-17-12-14(10-11-19)8-9-16(17)23-13-18(21)20-15-6-4-3-5-7-15/h3-9,12H,2,10-11,13,19H2,1H3,(H,20,21). The Labute approximate surface area is 136 Å². The summed E-state index contributed by atoms with van der Waals surface area (Å²) < 4.78 is 11.2. The van der Waals surface area contributed by atoms with Gasteiger partial charge in [-0.25, -0.2) is 0 Å². The zero-order chi connectivity index (χ0) is 16.5. The van der Waals surface area contributed by atoms with Gasteiger partial charge in [0.1, 0.15) is 0 Å². The van der Waals surface area contributed by atoms with Crippen molar-refractivity contribution in [3.63, 3.8) is 0 Å². The van der Waals surface area contributed by atoms with Gasteiger partial charge in [0.2, 0.25) is 0 Å². The van der Waals surface area contributed by atoms with E-state index in [-0.39, 0.29) is 12.5 Å². The van der Waals surface area contributed by atoms with E-state index in [9.17, 15) is 4.79 Å². The van der Waals surface area contributed by atoms with Gasteiger partial charge in [-0.1, -0.05) is 24.3 Å². The van der Waals surface area contributed by atoms with Crippen LogP contribution in [0.1, 0.15) is 12.5 Å². The SMILES string of the molecule is CCOc1cc(CCN)ccc1OCC(=O)Nc1ccccc1. The number of nitrogens with two attached hydrogens (primary N) is 1. The van der Waals surface area contributed by atoms with Crippen LogP contribution in [0.3, 0.4) is 0 Å². The fraction of sp³-hybridized carbons (Fsp3) is 0.278. The monoisotopic (exact) mass is 314 g/mol. The molecule has 0 unspecified atom stereocenters. The van der Waals surface area contributed by atoms with E-state index >= 15 is 0 Å². The minimum absolute atomic E-state index is 0.0782. The van der Waals surface area contributed by atoms with Crippen molar-refractivity contribution in [1.29, 1.82) is 0 Å². The van der Waals surface area contributed by atoms with E-state index in [2.05, 4.69) is 5.32 Å². The summed E-state index contributed by atoms with van der Waals surface area (Å²) in [5.41, 5.74) is 7.39. The number of hydrogen-bond acceptors (Lipinski definition) is 4. The van der Waals surface area contributed by atoms with Gasteiger partial charge in [-0.2, -0.15) is 0 Å². The lowest BCUT2D eigenvalue weighted by Crippen LogP contribution is -2.20. The van der Waals surface area contributed by atoms with E-state index in [1.807, 2.05) is 55.5 Å². The second kappa shape index (κ2) is 8.80. The zero-order valence-electron chi connectivity index (χ0n) is 13.2. The number of benzene rings is 2. The highest BCUT2D eigenvalue weighted by molar-refractivity contribution is 5.91. The molecule has 122 valence electrons. The third-order valence-corrected chi connectivity index (χ3v) is 3.16. The average Bonchev–Trinajstić information content (AvgIpc) is 2.56. The lowest BCUT2D eigenvalue weighted by atomic mass is 10.1. The molecule has 5 nitrogen and oxygen atoms in total. The maximum absolute atomic E-state index is 11.9. The summed E-state index contributed by atoms with van der Waals surface area (Å²) in [6.45, 7) is 2.93. The van der Waals surface area contributed by atoms with E-state index in [1.165, 1.54) is 0 Å². The molecule has 5 heteroatoms. The molecule has 0 aliphatic heterocycles. The highest BCUT2D eigenvalue weighted by Gasteiger charge is 2.09. The molecule has 0 spiro atoms. The third kappa shape index (κ3) is 5.30. The molecule has 0 saturated carbocycles. The minimum Gasteiger partial charge on any atom is -0.490 e. The Kier molecular flexibility index (Phi) is 6.44. The summed E-state index contributed by atoms with van der Waals surface area (Å²) in [4.78, 5) is 11.9. The van der Waals surface area contributed by atoms with Crippen LogP contribution in [0, 0.1) is 0 Å². The molecule has 2 aromatic rings. The molecule has 23 heavy (non-hydrogen) atoms. The Morgan fingerprint density at radius 3 is 2.57 bits per heavy atom. The van der Waals surface area contributed by atoms with Crippen molar-refractivity contribution < 1.29 is 14.3 Å². The van der Waals surface area contributed by atoms with Crippen molar-refractivity contribution in [2.75, 3.05) is 25.1 Å². The van der Waals surface area contributed by atoms with Crippen LogP contribution in [0.5, 0.6) is 11.5 Å². The van der Waals surface area contributed by atoms with Crippen molar-refractivity contribution in [3.05, 3.63) is 54.1 Å². The normalized spacial score (nSPS) is 10.2. The highest BCUT2D eigenvalue weighted by atomic mass is 16.5. The van der Waals surface area contributed by atoms with E-state index in [0.29, 0.717) is 24.7 Å². The van der Waals surface area contributed by atoms with Gasteiger partial charge in [-0.05, 0) is 49.7 Å². The van der Waals surface area contributed by atoms with Crippen LogP contribution in [-0.2, 0) is 11.2 Å². The summed E-state index contributed by atoms with van der Waals surface area (Å²) in [7, 11) is 0. The number of amides is 1. The summed E-state index contributed by atoms with van der Waals surface area (Å²) in [5, 5.41) is 2.77. The first-order valence-electron chi connectivity index (χ1n) is 7.66. The van der Waals surface area contributed by atoms with E-state index in [0.717, 1.165) is 17.7 Å². The molecule has 3 N–H and O–H groups in total. The zero-order valence-corrected chi connectivity index (χ0v) is 13.2. The number of hydrogen-bond donors (Lipinski definition) is 2. The van der Waals surface area contributed by atoms with Crippen LogP contribution in [0.25, 0.3) is 0 Å². The van der Waals surface area contributed by atoms with Gasteiger partial charge in [0, 0.05) is 5.69 Å². The highest BCUT2D eigenvalue weighted by Crippen LogP contribution is 2.28. The van der Waals surface area contributed by atoms with Gasteiger partial charge in [-0.15, -0.1) is 0 Å². The van der Waals surface area contributed by atoms with Crippen molar-refractivity contribution in [2.45, 2.75) is 13.3 Å². The first kappa shape index (κ1) is 16.8. The molecule has 0 saturated heterocycles. The molecule has 0 heterocycles. The number of anilines is 1. The van der Waals surface area contributed by atoms with Gasteiger partial charge < -0.3 is 20.5 Å². The fourth-order valence-corrected chi connectivity index (χ4v) is 2.12. The predicted molar refractivity (Wildman–Crippen MR) is 90.9 cm³/mol. The van der Waals surface area contributed by atoms with E-state index in [4.69, 9.17) is 15.2 Å². The van der Waals surface area contributed by atoms with Crippen LogP contribution < -0.4 is 20.5 Å². The molecule has 0 bridgehead atoms. The Balaban J connectivity index is 1.97. The molecule has 0 aliphatic carbocycles. The molecule has 0 radical (unpaired) electrons. The lowest BCUT2D eigenvalue weighted by Gasteiger charge is -2.13. The van der Waals surface area contributed by atoms with Crippen molar-refractivity contribution in [1.82, 2.24) is 0 Å². The van der Waals surface area contributed by atoms with Crippen LogP contribution >= 0.6 is 0 Å². The van der Waals surface area contributed by atoms with Gasteiger partial charge in [0.15, 0.2) is 18.1 Å². The number of nitrogens with one attached hydrogen (secondary N) is 1. The van der Waals surface area contributed by atoms with Gasteiger partial charge >= 0.3 is 0 Å². The lowest BCUT2D eigenvalue weighted by molar-refractivity contribution is -0.118. The van der Waals surface area contributed by atoms with Gasteiger partial charge in [0.25, 0.3) is 5.91 Å². The number of para-hydroxylation sites is 1. The minimum atomic E-state index is -0.218. The Hall–Kier alpha value is -2.53. The maximum Gasteiger partial charge on any atom is 0.262 e. The molecule has 2 aromatic carbocycles. The molecule has 0 fully saturated rings. The van der Waals surface area contributed by atoms with Gasteiger partial charge in [0.05, 0.1) is 6.61 Å². The number of ether oxygens (including phenoxy) is 2. The van der Waals surface area contributed by atoms with E-state index < -0.39 is 0 Å². The first-order chi connectivity index (χ1) is 11.2. The summed E-state index contributed by atoms with van der Waals surface area (Å²) in [6.07, 6.45) is 0.773. The van der Waals surface area contributed by atoms with E-state index in [1.54, 1.807) is 0 Å². The van der Waals surface area contributed by atoms with Crippen molar-refractivity contribution in [2.24, 2.45) is 5.73 Å². The molecule has 2 rings (SSSR count). The summed E-state index contributed by atoms with van der Waals surface area (Å²) >= 11 is 0. The Morgan fingerprint density at radius 2 is 1.87 bits per heavy atom. The van der Waals surface area contributed by atoms with Crippen LogP contribution in [0.15, 0.2) is 48.5 Å². The average molecular weight is 314 g/mol. The van der Waals surface area contributed by atoms with Crippen molar-refractivity contribution in [3.8, 4) is 11.5 Å². The quantitative estimate of drug-likeness (QED) is 0.785. The number of rotatable bonds is 8. The molecule has 0 atom stereocenters. The Bertz CT molecular complexity index is 629. The predicted octanol–water partition coefficient (Wildman–Crippen LogP) is 2.60. The molecular formula is C18H22N2O3. The van der Waals surface area contributed by atoms with Crippen molar-refractivity contribution >= 4 is 11.6 Å². The molecule has 0 aliphatic rings. The molecule has 0 aromatic heterocycles. The summed E-state index contributed by atoms with van der Waals surface area (Å²) in [5.74, 6) is 0.964. The second-order valence-corrected chi connectivity index (χ2v) is 4.96. The van der Waals surface area contributed by atoms with Crippen LogP contribution in [-0.4, -0.2) is 25.7 Å². The third-order valence-electron chi connectivity index (χ3n) is 3.16. The smallest absolute Gasteiger partial charge is 0.262 e. The first-order valence-corrected chi connectivity index (χ1v) is 7.66. The van der Waals surface area contributed by atoms with Crippen LogP contribution in [0.2, 0.25) is 0 Å². The summed E-state index contributed by atoms with van der Waals surface area (Å²) in [6, 6.07) is 14.9. The Morgan fingerprint density at radius 1 is 1.09 bits per heavy atom. The second-order valence-electron chi connectivity index (χ2n) is 4.96. The fourth-order valence-electron chi connectivity index (χ4n) is 2.12. The van der Waals surface area contributed by atoms with Crippen LogP contribution in [0.4, 0.5) is 5.69 Å². The topological polar surface area (TPSA) is 73.6 Å².